The van der Waals surface area contributed by atoms with Gasteiger partial charge in [0.2, 0.25) is 0 Å². The van der Waals surface area contributed by atoms with Crippen molar-refractivity contribution in [2.45, 2.75) is 13.5 Å². The SMILES string of the molecule is Cc1cc(C(=O)Nc2ccnn2Cc2ccccc2)ccc1[N+](=O)[O-]. The highest BCUT2D eigenvalue weighted by Crippen LogP contribution is 2.20. The van der Waals surface area contributed by atoms with Crippen molar-refractivity contribution in [1.82, 2.24) is 9.78 Å². The minimum absolute atomic E-state index is 0.00864. The van der Waals surface area contributed by atoms with Crippen LogP contribution in [0.1, 0.15) is 21.5 Å². The number of nitro benzene ring substituents is 1. The van der Waals surface area contributed by atoms with Gasteiger partial charge in [0.1, 0.15) is 5.82 Å². The third kappa shape index (κ3) is 3.72. The number of nitro groups is 1. The minimum atomic E-state index is -0.466. The summed E-state index contributed by atoms with van der Waals surface area (Å²) >= 11 is 0. The summed E-state index contributed by atoms with van der Waals surface area (Å²) < 4.78 is 1.69. The van der Waals surface area contributed by atoms with Crippen LogP contribution in [0, 0.1) is 17.0 Å². The Labute approximate surface area is 144 Å². The number of aryl methyl sites for hydroxylation is 1. The Balaban J connectivity index is 1.77. The van der Waals surface area contributed by atoms with Gasteiger partial charge in [-0.1, -0.05) is 30.3 Å². The third-order valence-corrected chi connectivity index (χ3v) is 3.79. The van der Waals surface area contributed by atoms with Crippen LogP contribution in [-0.2, 0) is 6.54 Å². The van der Waals surface area contributed by atoms with Gasteiger partial charge in [-0.2, -0.15) is 5.10 Å². The molecule has 0 unspecified atom stereocenters. The van der Waals surface area contributed by atoms with Gasteiger partial charge in [-0.15, -0.1) is 0 Å². The molecule has 0 fully saturated rings. The van der Waals surface area contributed by atoms with E-state index in [4.69, 9.17) is 0 Å². The first-order valence-corrected chi connectivity index (χ1v) is 7.67. The number of nitrogens with one attached hydrogen (secondary N) is 1. The van der Waals surface area contributed by atoms with Crippen LogP contribution in [0.4, 0.5) is 11.5 Å². The monoisotopic (exact) mass is 336 g/mol. The smallest absolute Gasteiger partial charge is 0.272 e. The molecule has 0 saturated heterocycles. The van der Waals surface area contributed by atoms with Crippen LogP contribution in [0.15, 0.2) is 60.8 Å². The molecule has 25 heavy (non-hydrogen) atoms. The van der Waals surface area contributed by atoms with Gasteiger partial charge in [-0.25, -0.2) is 4.68 Å². The number of rotatable bonds is 5. The average Bonchev–Trinajstić information content (AvgIpc) is 3.02. The summed E-state index contributed by atoms with van der Waals surface area (Å²) in [6, 6.07) is 15.8. The van der Waals surface area contributed by atoms with Crippen molar-refractivity contribution in [2.75, 3.05) is 5.32 Å². The fourth-order valence-electron chi connectivity index (χ4n) is 2.51. The molecule has 0 atom stereocenters. The van der Waals surface area contributed by atoms with E-state index in [2.05, 4.69) is 10.4 Å². The number of anilines is 1. The fourth-order valence-corrected chi connectivity index (χ4v) is 2.51. The van der Waals surface area contributed by atoms with Crippen molar-refractivity contribution in [3.05, 3.63) is 87.6 Å². The highest BCUT2D eigenvalue weighted by molar-refractivity contribution is 6.04. The lowest BCUT2D eigenvalue weighted by molar-refractivity contribution is -0.385. The van der Waals surface area contributed by atoms with Crippen LogP contribution >= 0.6 is 0 Å². The zero-order chi connectivity index (χ0) is 17.8. The zero-order valence-electron chi connectivity index (χ0n) is 13.5. The summed E-state index contributed by atoms with van der Waals surface area (Å²) in [6.07, 6.45) is 1.61. The average molecular weight is 336 g/mol. The Hall–Kier alpha value is -3.48. The maximum Gasteiger partial charge on any atom is 0.272 e. The van der Waals surface area contributed by atoms with Crippen LogP contribution in [0.25, 0.3) is 0 Å². The minimum Gasteiger partial charge on any atom is -0.307 e. The lowest BCUT2D eigenvalue weighted by Crippen LogP contribution is -2.16. The molecule has 0 spiro atoms. The standard InChI is InChI=1S/C18H16N4O3/c1-13-11-15(7-8-16(13)22(24)25)18(23)20-17-9-10-19-21(17)12-14-5-3-2-4-6-14/h2-11H,12H2,1H3,(H,20,23). The number of nitrogens with zero attached hydrogens (tertiary/aromatic N) is 3. The maximum atomic E-state index is 12.4. The quantitative estimate of drug-likeness (QED) is 0.571. The summed E-state index contributed by atoms with van der Waals surface area (Å²) in [4.78, 5) is 22.8. The number of carbonyl (C=O) groups is 1. The summed E-state index contributed by atoms with van der Waals surface area (Å²) in [5.74, 6) is 0.220. The molecule has 126 valence electrons. The van der Waals surface area contributed by atoms with Crippen molar-refractivity contribution < 1.29 is 9.72 Å². The predicted octanol–water partition coefficient (Wildman–Crippen LogP) is 3.40. The molecule has 1 heterocycles. The molecule has 0 aliphatic carbocycles. The second kappa shape index (κ2) is 6.96. The first-order chi connectivity index (χ1) is 12.0. The Morgan fingerprint density at radius 3 is 2.64 bits per heavy atom. The number of hydrogen-bond donors (Lipinski definition) is 1. The van der Waals surface area contributed by atoms with E-state index < -0.39 is 4.92 Å². The van der Waals surface area contributed by atoms with E-state index in [0.29, 0.717) is 23.5 Å². The molecule has 0 radical (unpaired) electrons. The van der Waals surface area contributed by atoms with Crippen LogP contribution in [-0.4, -0.2) is 20.6 Å². The number of carbonyl (C=O) groups excluding carboxylic acids is 1. The van der Waals surface area contributed by atoms with Gasteiger partial charge in [0, 0.05) is 23.3 Å². The highest BCUT2D eigenvalue weighted by Gasteiger charge is 2.15. The third-order valence-electron chi connectivity index (χ3n) is 3.79. The molecule has 3 aromatic rings. The van der Waals surface area contributed by atoms with E-state index in [-0.39, 0.29) is 11.6 Å². The van der Waals surface area contributed by atoms with Gasteiger partial charge in [-0.3, -0.25) is 14.9 Å². The Morgan fingerprint density at radius 2 is 1.96 bits per heavy atom. The van der Waals surface area contributed by atoms with Gasteiger partial charge < -0.3 is 5.32 Å². The van der Waals surface area contributed by atoms with Gasteiger partial charge in [0.15, 0.2) is 0 Å². The van der Waals surface area contributed by atoms with E-state index in [1.54, 1.807) is 23.9 Å². The lowest BCUT2D eigenvalue weighted by atomic mass is 10.1. The molecule has 3 rings (SSSR count). The molecule has 0 aliphatic heterocycles. The highest BCUT2D eigenvalue weighted by atomic mass is 16.6. The van der Waals surface area contributed by atoms with Gasteiger partial charge in [0.25, 0.3) is 11.6 Å². The molecule has 1 N–H and O–H groups in total. The molecule has 2 aromatic carbocycles. The van der Waals surface area contributed by atoms with Gasteiger partial charge in [0.05, 0.1) is 17.7 Å². The Bertz CT molecular complexity index is 919. The molecule has 1 aromatic heterocycles. The normalized spacial score (nSPS) is 10.4. The number of hydrogen-bond acceptors (Lipinski definition) is 4. The van der Waals surface area contributed by atoms with E-state index in [0.717, 1.165) is 5.56 Å². The van der Waals surface area contributed by atoms with Crippen molar-refractivity contribution in [3.63, 3.8) is 0 Å². The Morgan fingerprint density at radius 1 is 1.20 bits per heavy atom. The van der Waals surface area contributed by atoms with Gasteiger partial charge in [-0.05, 0) is 24.6 Å². The van der Waals surface area contributed by atoms with E-state index in [1.165, 1.54) is 18.2 Å². The second-order valence-electron chi connectivity index (χ2n) is 5.57. The molecule has 0 bridgehead atoms. The fraction of sp³-hybridized carbons (Fsp3) is 0.111. The predicted molar refractivity (Wildman–Crippen MR) is 93.6 cm³/mol. The molecule has 7 nitrogen and oxygen atoms in total. The number of aromatic nitrogens is 2. The molecule has 1 amide bonds. The lowest BCUT2D eigenvalue weighted by Gasteiger charge is -2.09. The first-order valence-electron chi connectivity index (χ1n) is 7.67. The summed E-state index contributed by atoms with van der Waals surface area (Å²) in [7, 11) is 0. The van der Waals surface area contributed by atoms with Crippen LogP contribution < -0.4 is 5.32 Å². The van der Waals surface area contributed by atoms with Gasteiger partial charge >= 0.3 is 0 Å². The Kier molecular flexibility index (Phi) is 4.56. The topological polar surface area (TPSA) is 90.1 Å². The van der Waals surface area contributed by atoms with E-state index >= 15 is 0 Å². The van der Waals surface area contributed by atoms with Crippen molar-refractivity contribution in [3.8, 4) is 0 Å². The van der Waals surface area contributed by atoms with Crippen molar-refractivity contribution in [2.24, 2.45) is 0 Å². The van der Waals surface area contributed by atoms with E-state index in [9.17, 15) is 14.9 Å². The van der Waals surface area contributed by atoms with Crippen LogP contribution in [0.2, 0.25) is 0 Å². The van der Waals surface area contributed by atoms with Crippen LogP contribution in [0.3, 0.4) is 0 Å². The molecule has 0 aliphatic rings. The van der Waals surface area contributed by atoms with E-state index in [1.807, 2.05) is 30.3 Å². The molecular formula is C18H16N4O3. The summed E-state index contributed by atoms with van der Waals surface area (Å²) in [5.41, 5.74) is 1.85. The maximum absolute atomic E-state index is 12.4. The molecule has 7 heteroatoms. The number of amides is 1. The zero-order valence-corrected chi connectivity index (χ0v) is 13.5. The van der Waals surface area contributed by atoms with Crippen LogP contribution in [0.5, 0.6) is 0 Å². The molecule has 0 saturated carbocycles. The number of benzene rings is 2. The second-order valence-corrected chi connectivity index (χ2v) is 5.57. The van der Waals surface area contributed by atoms with Crippen molar-refractivity contribution >= 4 is 17.4 Å². The first kappa shape index (κ1) is 16.4. The van der Waals surface area contributed by atoms with Crippen molar-refractivity contribution in [1.29, 1.82) is 0 Å². The largest absolute Gasteiger partial charge is 0.307 e. The molecular weight excluding hydrogens is 320 g/mol. The summed E-state index contributed by atoms with van der Waals surface area (Å²) in [5, 5.41) is 17.9. The summed E-state index contributed by atoms with van der Waals surface area (Å²) in [6.45, 7) is 2.14.